The van der Waals surface area contributed by atoms with Gasteiger partial charge >= 0.3 is 0 Å². The molecule has 0 amide bonds. The summed E-state index contributed by atoms with van der Waals surface area (Å²) in [6.07, 6.45) is 7.84. The van der Waals surface area contributed by atoms with Gasteiger partial charge in [0.1, 0.15) is 0 Å². The highest BCUT2D eigenvalue weighted by atomic mass is 15.1. The van der Waals surface area contributed by atoms with Crippen LogP contribution in [-0.4, -0.2) is 10.2 Å². The molecule has 2 nitrogen and oxygen atoms in total. The molecule has 1 aromatic heterocycles. The molecule has 0 bridgehead atoms. The van der Waals surface area contributed by atoms with Gasteiger partial charge in [-0.3, -0.25) is 5.10 Å². The lowest BCUT2D eigenvalue weighted by atomic mass is 9.97. The van der Waals surface area contributed by atoms with Crippen LogP contribution < -0.4 is 0 Å². The molecule has 18 heavy (non-hydrogen) atoms. The number of hydrogen-bond acceptors (Lipinski definition) is 1. The lowest BCUT2D eigenvalue weighted by Gasteiger charge is -2.09. The molecule has 1 heterocycles. The van der Waals surface area contributed by atoms with Crippen LogP contribution in [0.2, 0.25) is 0 Å². The van der Waals surface area contributed by atoms with Crippen LogP contribution in [0.15, 0.2) is 24.3 Å². The third-order valence-corrected chi connectivity index (χ3v) is 3.64. The van der Waals surface area contributed by atoms with E-state index < -0.39 is 0 Å². The molecule has 1 atom stereocenters. The molecule has 0 spiro atoms. The van der Waals surface area contributed by atoms with Gasteiger partial charge in [-0.25, -0.2) is 0 Å². The maximum absolute atomic E-state index is 4.45. The summed E-state index contributed by atoms with van der Waals surface area (Å²) in [6, 6.07) is 8.40. The number of benzene rings is 1. The van der Waals surface area contributed by atoms with Crippen LogP contribution in [-0.2, 0) is 6.42 Å². The molecule has 0 aliphatic heterocycles. The Balaban J connectivity index is 1.88. The average molecular weight is 244 g/mol. The number of aromatic amines is 1. The van der Waals surface area contributed by atoms with Gasteiger partial charge in [-0.2, -0.15) is 5.10 Å². The summed E-state index contributed by atoms with van der Waals surface area (Å²) in [5, 5.41) is 8.86. The summed E-state index contributed by atoms with van der Waals surface area (Å²) in [5.41, 5.74) is 2.39. The van der Waals surface area contributed by atoms with Crippen LogP contribution in [0, 0.1) is 5.92 Å². The highest BCUT2D eigenvalue weighted by molar-refractivity contribution is 5.81. The van der Waals surface area contributed by atoms with Crippen LogP contribution in [0.3, 0.4) is 0 Å². The summed E-state index contributed by atoms with van der Waals surface area (Å²) in [7, 11) is 0. The van der Waals surface area contributed by atoms with Gasteiger partial charge in [0.05, 0.1) is 11.2 Å². The van der Waals surface area contributed by atoms with Gasteiger partial charge in [-0.15, -0.1) is 0 Å². The molecule has 1 N–H and O–H groups in total. The molecule has 1 unspecified atom stereocenters. The average Bonchev–Trinajstić information content (AvgIpc) is 2.78. The van der Waals surface area contributed by atoms with Crippen molar-refractivity contribution >= 4 is 10.9 Å². The van der Waals surface area contributed by atoms with Crippen LogP contribution in [0.1, 0.15) is 51.6 Å². The third-order valence-electron chi connectivity index (χ3n) is 3.64. The van der Waals surface area contributed by atoms with Crippen LogP contribution >= 0.6 is 0 Å². The summed E-state index contributed by atoms with van der Waals surface area (Å²) in [6.45, 7) is 4.61. The van der Waals surface area contributed by atoms with Crippen molar-refractivity contribution in [2.24, 2.45) is 5.92 Å². The Morgan fingerprint density at radius 2 is 2.00 bits per heavy atom. The van der Waals surface area contributed by atoms with Gasteiger partial charge in [-0.05, 0) is 18.4 Å². The van der Waals surface area contributed by atoms with E-state index in [-0.39, 0.29) is 0 Å². The molecule has 0 saturated carbocycles. The summed E-state index contributed by atoms with van der Waals surface area (Å²) in [5.74, 6) is 0.730. The number of nitrogens with zero attached hydrogens (tertiary/aromatic N) is 1. The van der Waals surface area contributed by atoms with E-state index in [2.05, 4.69) is 48.3 Å². The van der Waals surface area contributed by atoms with Crippen molar-refractivity contribution in [3.63, 3.8) is 0 Å². The summed E-state index contributed by atoms with van der Waals surface area (Å²) >= 11 is 0. The van der Waals surface area contributed by atoms with E-state index in [0.29, 0.717) is 0 Å². The Morgan fingerprint density at radius 3 is 2.83 bits per heavy atom. The molecule has 98 valence electrons. The van der Waals surface area contributed by atoms with E-state index in [9.17, 15) is 0 Å². The fraction of sp³-hybridized carbons (Fsp3) is 0.562. The fourth-order valence-electron chi connectivity index (χ4n) is 2.53. The van der Waals surface area contributed by atoms with E-state index in [1.54, 1.807) is 0 Å². The molecule has 0 fully saturated rings. The first-order valence-electron chi connectivity index (χ1n) is 7.23. The molecule has 0 radical (unpaired) electrons. The molecule has 2 rings (SSSR count). The number of H-pyrrole nitrogens is 1. The zero-order valence-corrected chi connectivity index (χ0v) is 11.6. The number of rotatable bonds is 7. The molecule has 1 aromatic carbocycles. The molecule has 2 heteroatoms. The molecule has 0 saturated heterocycles. The Morgan fingerprint density at radius 1 is 1.17 bits per heavy atom. The van der Waals surface area contributed by atoms with Crippen molar-refractivity contribution in [2.45, 2.75) is 52.4 Å². The van der Waals surface area contributed by atoms with E-state index in [1.165, 1.54) is 43.2 Å². The van der Waals surface area contributed by atoms with E-state index >= 15 is 0 Å². The second-order valence-corrected chi connectivity index (χ2v) is 5.37. The zero-order chi connectivity index (χ0) is 12.8. The van der Waals surface area contributed by atoms with Gasteiger partial charge < -0.3 is 0 Å². The third kappa shape index (κ3) is 3.34. The van der Waals surface area contributed by atoms with Crippen LogP contribution in [0.4, 0.5) is 0 Å². The SMILES string of the molecule is CCCCCCC(C)Cc1n[nH]c2ccccc12. The quantitative estimate of drug-likeness (QED) is 0.702. The number of nitrogens with one attached hydrogen (secondary N) is 1. The number of unbranched alkanes of at least 4 members (excludes halogenated alkanes) is 3. The molecule has 2 aromatic rings. The maximum atomic E-state index is 4.45. The Hall–Kier alpha value is -1.31. The minimum absolute atomic E-state index is 0.730. The first-order chi connectivity index (χ1) is 8.81. The van der Waals surface area contributed by atoms with E-state index in [1.807, 2.05) is 0 Å². The maximum Gasteiger partial charge on any atom is 0.0703 e. The lowest BCUT2D eigenvalue weighted by molar-refractivity contribution is 0.484. The van der Waals surface area contributed by atoms with E-state index in [0.717, 1.165) is 17.9 Å². The van der Waals surface area contributed by atoms with E-state index in [4.69, 9.17) is 0 Å². The second kappa shape index (κ2) is 6.58. The van der Waals surface area contributed by atoms with Crippen molar-refractivity contribution in [1.29, 1.82) is 0 Å². The number of aromatic nitrogens is 2. The summed E-state index contributed by atoms with van der Waals surface area (Å²) < 4.78 is 0. The molecule has 0 aliphatic rings. The molecular formula is C16H24N2. The van der Waals surface area contributed by atoms with Crippen molar-refractivity contribution in [1.82, 2.24) is 10.2 Å². The Labute approximate surface area is 110 Å². The van der Waals surface area contributed by atoms with Crippen LogP contribution in [0.25, 0.3) is 10.9 Å². The standard InChI is InChI=1S/C16H24N2/c1-3-4-5-6-9-13(2)12-16-14-10-7-8-11-15(14)17-18-16/h7-8,10-11,13H,3-6,9,12H2,1-2H3,(H,17,18). The van der Waals surface area contributed by atoms with Gasteiger partial charge in [0.15, 0.2) is 0 Å². The lowest BCUT2D eigenvalue weighted by Crippen LogP contribution is -2.00. The van der Waals surface area contributed by atoms with Crippen molar-refractivity contribution in [3.05, 3.63) is 30.0 Å². The number of para-hydroxylation sites is 1. The first-order valence-corrected chi connectivity index (χ1v) is 7.23. The monoisotopic (exact) mass is 244 g/mol. The molecular weight excluding hydrogens is 220 g/mol. The first kappa shape index (κ1) is 13.1. The minimum atomic E-state index is 0.730. The Bertz CT molecular complexity index is 473. The Kier molecular flexibility index (Phi) is 4.80. The van der Waals surface area contributed by atoms with Crippen LogP contribution in [0.5, 0.6) is 0 Å². The predicted octanol–water partition coefficient (Wildman–Crippen LogP) is 4.71. The van der Waals surface area contributed by atoms with Gasteiger partial charge in [0.2, 0.25) is 0 Å². The zero-order valence-electron chi connectivity index (χ0n) is 11.6. The van der Waals surface area contributed by atoms with Gasteiger partial charge in [0, 0.05) is 5.39 Å². The fourth-order valence-corrected chi connectivity index (χ4v) is 2.53. The van der Waals surface area contributed by atoms with Gasteiger partial charge in [0.25, 0.3) is 0 Å². The normalized spacial score (nSPS) is 13.0. The second-order valence-electron chi connectivity index (χ2n) is 5.37. The predicted molar refractivity (Wildman–Crippen MR) is 77.7 cm³/mol. The highest BCUT2D eigenvalue weighted by Crippen LogP contribution is 2.20. The topological polar surface area (TPSA) is 28.7 Å². The summed E-state index contributed by atoms with van der Waals surface area (Å²) in [4.78, 5) is 0. The number of fused-ring (bicyclic) bond motifs is 1. The van der Waals surface area contributed by atoms with Crippen molar-refractivity contribution in [3.8, 4) is 0 Å². The van der Waals surface area contributed by atoms with Crippen molar-refractivity contribution < 1.29 is 0 Å². The highest BCUT2D eigenvalue weighted by Gasteiger charge is 2.09. The smallest absolute Gasteiger partial charge is 0.0703 e. The minimum Gasteiger partial charge on any atom is -0.278 e. The molecule has 0 aliphatic carbocycles. The van der Waals surface area contributed by atoms with Gasteiger partial charge in [-0.1, -0.05) is 64.2 Å². The van der Waals surface area contributed by atoms with Crippen molar-refractivity contribution in [2.75, 3.05) is 0 Å². The number of hydrogen-bond donors (Lipinski definition) is 1. The largest absolute Gasteiger partial charge is 0.278 e.